The molecule has 2 aromatic carbocycles. The van der Waals surface area contributed by atoms with Gasteiger partial charge in [0.2, 0.25) is 0 Å². The lowest BCUT2D eigenvalue weighted by molar-refractivity contribution is 0.0681. The van der Waals surface area contributed by atoms with E-state index in [-0.39, 0.29) is 5.57 Å². The highest BCUT2D eigenvalue weighted by molar-refractivity contribution is 5.77. The summed E-state index contributed by atoms with van der Waals surface area (Å²) in [4.78, 5) is 0. The van der Waals surface area contributed by atoms with Crippen LogP contribution in [0.25, 0.3) is 11.3 Å². The zero-order chi connectivity index (χ0) is 21.4. The minimum absolute atomic E-state index is 0.0351. The maximum absolute atomic E-state index is 13.9. The van der Waals surface area contributed by atoms with E-state index in [1.807, 2.05) is 24.3 Å². The monoisotopic (exact) mass is 395 g/mol. The fourth-order valence-electron chi connectivity index (χ4n) is 3.23. The third kappa shape index (κ3) is 6.42. The molecular formula is C26H31F2N. The molecule has 1 nitrogen and oxygen atoms in total. The molecule has 0 atom stereocenters. The first-order valence-electron chi connectivity index (χ1n) is 10.1. The summed E-state index contributed by atoms with van der Waals surface area (Å²) in [5, 5.41) is 3.32. The number of benzene rings is 2. The van der Waals surface area contributed by atoms with Crippen LogP contribution in [0.2, 0.25) is 0 Å². The van der Waals surface area contributed by atoms with Crippen LogP contribution in [0.3, 0.4) is 0 Å². The highest BCUT2D eigenvalue weighted by Gasteiger charge is 2.27. The Kier molecular flexibility index (Phi) is 7.95. The van der Waals surface area contributed by atoms with E-state index in [0.29, 0.717) is 5.57 Å². The molecule has 0 aliphatic carbocycles. The van der Waals surface area contributed by atoms with E-state index < -0.39 is 5.92 Å². The van der Waals surface area contributed by atoms with Gasteiger partial charge in [0, 0.05) is 23.9 Å². The molecule has 0 saturated heterocycles. The third-order valence-corrected chi connectivity index (χ3v) is 4.94. The highest BCUT2D eigenvalue weighted by atomic mass is 19.3. The van der Waals surface area contributed by atoms with Gasteiger partial charge in [0.15, 0.2) is 0 Å². The Hall–Kier alpha value is -2.68. The summed E-state index contributed by atoms with van der Waals surface area (Å²) < 4.78 is 27.8. The second kappa shape index (κ2) is 10.2. The summed E-state index contributed by atoms with van der Waals surface area (Å²) >= 11 is 0. The molecule has 0 aromatic heterocycles. The van der Waals surface area contributed by atoms with Crippen LogP contribution in [0.15, 0.2) is 72.8 Å². The zero-order valence-electron chi connectivity index (χ0n) is 17.9. The number of alkyl halides is 2. The Morgan fingerprint density at radius 3 is 2.14 bits per heavy atom. The van der Waals surface area contributed by atoms with E-state index in [4.69, 9.17) is 0 Å². The molecule has 0 radical (unpaired) electrons. The molecule has 29 heavy (non-hydrogen) atoms. The average molecular weight is 396 g/mol. The number of nitrogens with one attached hydrogen (secondary N) is 1. The Bertz CT molecular complexity index is 866. The molecular weight excluding hydrogens is 364 g/mol. The van der Waals surface area contributed by atoms with Crippen LogP contribution in [-0.2, 0) is 6.42 Å². The summed E-state index contributed by atoms with van der Waals surface area (Å²) in [7, 11) is 0. The van der Waals surface area contributed by atoms with Gasteiger partial charge in [-0.15, -0.1) is 0 Å². The smallest absolute Gasteiger partial charge is 0.270 e. The summed E-state index contributed by atoms with van der Waals surface area (Å²) in [6.07, 6.45) is 6.60. The molecule has 0 aliphatic rings. The minimum Gasteiger partial charge on any atom is -0.356 e. The van der Waals surface area contributed by atoms with Crippen LogP contribution in [0.1, 0.15) is 57.2 Å². The van der Waals surface area contributed by atoms with Gasteiger partial charge in [-0.05, 0) is 61.1 Å². The van der Waals surface area contributed by atoms with Crippen molar-refractivity contribution in [1.29, 1.82) is 0 Å². The van der Waals surface area contributed by atoms with Gasteiger partial charge in [-0.25, -0.2) is 8.78 Å². The molecule has 154 valence electrons. The van der Waals surface area contributed by atoms with Crippen molar-refractivity contribution in [2.75, 3.05) is 5.32 Å². The number of anilines is 1. The van der Waals surface area contributed by atoms with Crippen molar-refractivity contribution in [3.05, 3.63) is 89.5 Å². The van der Waals surface area contributed by atoms with Gasteiger partial charge < -0.3 is 5.32 Å². The van der Waals surface area contributed by atoms with Crippen LogP contribution < -0.4 is 5.32 Å². The number of unbranched alkanes of at least 4 members (excludes halogenated alkanes) is 1. The molecule has 2 rings (SSSR count). The largest absolute Gasteiger partial charge is 0.356 e. The van der Waals surface area contributed by atoms with Crippen LogP contribution in [0.4, 0.5) is 14.5 Å². The first-order valence-corrected chi connectivity index (χ1v) is 10.1. The Morgan fingerprint density at radius 1 is 1.03 bits per heavy atom. The van der Waals surface area contributed by atoms with Gasteiger partial charge in [-0.3, -0.25) is 0 Å². The Morgan fingerprint density at radius 2 is 1.62 bits per heavy atom. The first-order chi connectivity index (χ1) is 13.8. The minimum atomic E-state index is -2.89. The topological polar surface area (TPSA) is 12.0 Å². The summed E-state index contributed by atoms with van der Waals surface area (Å²) in [6.45, 7) is 10.7. The van der Waals surface area contributed by atoms with Gasteiger partial charge in [-0.1, -0.05) is 68.5 Å². The van der Waals surface area contributed by atoms with Gasteiger partial charge >= 0.3 is 0 Å². The molecule has 0 bridgehead atoms. The number of rotatable bonds is 9. The molecule has 0 aliphatic heterocycles. The summed E-state index contributed by atoms with van der Waals surface area (Å²) in [5.41, 5.74) is 5.39. The third-order valence-electron chi connectivity index (χ3n) is 4.94. The molecule has 3 heteroatoms. The second-order valence-corrected chi connectivity index (χ2v) is 7.41. The zero-order valence-corrected chi connectivity index (χ0v) is 17.9. The van der Waals surface area contributed by atoms with E-state index in [9.17, 15) is 8.78 Å². The van der Waals surface area contributed by atoms with Crippen molar-refractivity contribution >= 4 is 17.0 Å². The molecule has 0 heterocycles. The standard InChI is InChI=1S/C26H31F2N/c1-6-8-10-21-11-17-24(18-12-21)29-20(4)23-15-13-22(14-16-23)19(3)25(9-7-2)26(5,27)28/h7,9,11-18,29H,4,6,8,10H2,1-3,5H3/b9-7-,25-19-. The maximum Gasteiger partial charge on any atom is 0.270 e. The summed E-state index contributed by atoms with van der Waals surface area (Å²) in [6, 6.07) is 15.9. The fraction of sp³-hybridized carbons (Fsp3) is 0.308. The fourth-order valence-corrected chi connectivity index (χ4v) is 3.23. The normalized spacial score (nSPS) is 12.8. The van der Waals surface area contributed by atoms with E-state index in [0.717, 1.165) is 35.9 Å². The average Bonchev–Trinajstić information content (AvgIpc) is 2.70. The quantitative estimate of drug-likeness (QED) is 0.423. The van der Waals surface area contributed by atoms with Crippen molar-refractivity contribution < 1.29 is 8.78 Å². The lowest BCUT2D eigenvalue weighted by atomic mass is 9.96. The number of allylic oxidation sites excluding steroid dienone is 4. The lowest BCUT2D eigenvalue weighted by Crippen LogP contribution is -2.13. The number of halogens is 2. The second-order valence-electron chi connectivity index (χ2n) is 7.41. The van der Waals surface area contributed by atoms with Crippen molar-refractivity contribution in [3.8, 4) is 0 Å². The lowest BCUT2D eigenvalue weighted by Gasteiger charge is -2.17. The van der Waals surface area contributed by atoms with Crippen molar-refractivity contribution in [2.24, 2.45) is 0 Å². The molecule has 1 N–H and O–H groups in total. The molecule has 0 fully saturated rings. The van der Waals surface area contributed by atoms with Crippen LogP contribution in [-0.4, -0.2) is 5.92 Å². The number of aryl methyl sites for hydroxylation is 1. The van der Waals surface area contributed by atoms with Gasteiger partial charge in [-0.2, -0.15) is 0 Å². The van der Waals surface area contributed by atoms with Gasteiger partial charge in [0.25, 0.3) is 5.92 Å². The van der Waals surface area contributed by atoms with Crippen molar-refractivity contribution in [2.45, 2.75) is 52.9 Å². The van der Waals surface area contributed by atoms with Crippen molar-refractivity contribution in [1.82, 2.24) is 0 Å². The van der Waals surface area contributed by atoms with Crippen LogP contribution in [0.5, 0.6) is 0 Å². The Balaban J connectivity index is 2.14. The number of hydrogen-bond donors (Lipinski definition) is 1. The van der Waals surface area contributed by atoms with Gasteiger partial charge in [0.05, 0.1) is 0 Å². The number of hydrogen-bond acceptors (Lipinski definition) is 1. The molecule has 0 spiro atoms. The predicted molar refractivity (Wildman–Crippen MR) is 122 cm³/mol. The van der Waals surface area contributed by atoms with Crippen molar-refractivity contribution in [3.63, 3.8) is 0 Å². The molecule has 2 aromatic rings. The Labute approximate surface area is 173 Å². The molecule has 0 saturated carbocycles. The maximum atomic E-state index is 13.9. The van der Waals surface area contributed by atoms with E-state index >= 15 is 0 Å². The van der Waals surface area contributed by atoms with Crippen LogP contribution >= 0.6 is 0 Å². The highest BCUT2D eigenvalue weighted by Crippen LogP contribution is 2.32. The van der Waals surface area contributed by atoms with Gasteiger partial charge in [0.1, 0.15) is 0 Å². The molecule has 0 amide bonds. The molecule has 0 unspecified atom stereocenters. The summed E-state index contributed by atoms with van der Waals surface area (Å²) in [5.74, 6) is -2.89. The van der Waals surface area contributed by atoms with E-state index in [1.54, 1.807) is 19.9 Å². The van der Waals surface area contributed by atoms with E-state index in [2.05, 4.69) is 43.1 Å². The van der Waals surface area contributed by atoms with Crippen LogP contribution in [0, 0.1) is 0 Å². The first kappa shape index (κ1) is 22.6. The SMILES string of the molecule is C=C(Nc1ccc(CCCC)cc1)c1ccc(/C(C)=C(/C=C\C)C(C)(F)F)cc1. The predicted octanol–water partition coefficient (Wildman–Crippen LogP) is 8.12. The van der Waals surface area contributed by atoms with E-state index in [1.165, 1.54) is 24.5 Å².